The maximum atomic E-state index is 10.5. The average molecular weight is 188 g/mol. The van der Waals surface area contributed by atoms with Crippen molar-refractivity contribution in [3.05, 3.63) is 21.6 Å². The molecule has 0 fully saturated rings. The zero-order chi connectivity index (χ0) is 8.27. The van der Waals surface area contributed by atoms with Gasteiger partial charge >= 0.3 is 0 Å². The van der Waals surface area contributed by atoms with Gasteiger partial charge < -0.3 is 0 Å². The highest BCUT2D eigenvalue weighted by Gasteiger charge is 1.93. The number of allylic oxidation sites excluding steroid dienone is 1. The largest absolute Gasteiger partial charge is 0.295 e. The van der Waals surface area contributed by atoms with Crippen LogP contribution in [0.25, 0.3) is 6.08 Å². The summed E-state index contributed by atoms with van der Waals surface area (Å²) in [7, 11) is 0. The minimum Gasteiger partial charge on any atom is -0.295 e. The second kappa shape index (κ2) is 3.64. The number of hydrogen-bond donors (Lipinski definition) is 0. The summed E-state index contributed by atoms with van der Waals surface area (Å²) < 4.78 is 0.494. The first-order valence-electron chi connectivity index (χ1n) is 2.98. The van der Waals surface area contributed by atoms with Crippen LogP contribution in [0.2, 0.25) is 4.47 Å². The second-order valence-corrected chi connectivity index (χ2v) is 3.60. The summed E-state index contributed by atoms with van der Waals surface area (Å²) in [6, 6.07) is 0. The standard InChI is InChI=1S/C7H6ClNOS/c1-5(10)2-3-6-4-9-7(8)11-6/h2-4H,1H3. The quantitative estimate of drug-likeness (QED) is 0.666. The van der Waals surface area contributed by atoms with E-state index in [1.165, 1.54) is 24.3 Å². The molecule has 0 bridgehead atoms. The lowest BCUT2D eigenvalue weighted by Gasteiger charge is -1.78. The molecular formula is C7H6ClNOS. The van der Waals surface area contributed by atoms with Crippen LogP contribution in [0.15, 0.2) is 12.3 Å². The van der Waals surface area contributed by atoms with Crippen molar-refractivity contribution in [2.45, 2.75) is 6.92 Å². The number of halogens is 1. The van der Waals surface area contributed by atoms with Crippen LogP contribution in [0.1, 0.15) is 11.8 Å². The van der Waals surface area contributed by atoms with Gasteiger partial charge in [-0.1, -0.05) is 11.6 Å². The lowest BCUT2D eigenvalue weighted by molar-refractivity contribution is -0.112. The third-order valence-corrected chi connectivity index (χ3v) is 2.06. The second-order valence-electron chi connectivity index (χ2n) is 1.96. The smallest absolute Gasteiger partial charge is 0.184 e. The topological polar surface area (TPSA) is 30.0 Å². The van der Waals surface area contributed by atoms with Crippen molar-refractivity contribution < 1.29 is 4.79 Å². The molecule has 2 nitrogen and oxygen atoms in total. The van der Waals surface area contributed by atoms with Crippen LogP contribution in [0.3, 0.4) is 0 Å². The van der Waals surface area contributed by atoms with Crippen molar-refractivity contribution in [1.29, 1.82) is 0 Å². The van der Waals surface area contributed by atoms with Crippen molar-refractivity contribution in [2.24, 2.45) is 0 Å². The van der Waals surface area contributed by atoms with Crippen LogP contribution < -0.4 is 0 Å². The van der Waals surface area contributed by atoms with E-state index in [-0.39, 0.29) is 5.78 Å². The first-order chi connectivity index (χ1) is 5.18. The molecule has 58 valence electrons. The predicted octanol–water partition coefficient (Wildman–Crippen LogP) is 2.40. The Morgan fingerprint density at radius 3 is 3.00 bits per heavy atom. The Hall–Kier alpha value is -0.670. The average Bonchev–Trinajstić information content (AvgIpc) is 2.31. The van der Waals surface area contributed by atoms with Crippen molar-refractivity contribution in [2.75, 3.05) is 0 Å². The van der Waals surface area contributed by atoms with Crippen molar-refractivity contribution in [3.8, 4) is 0 Å². The van der Waals surface area contributed by atoms with Crippen molar-refractivity contribution in [3.63, 3.8) is 0 Å². The summed E-state index contributed by atoms with van der Waals surface area (Å²) in [6.07, 6.45) is 4.82. The van der Waals surface area contributed by atoms with Crippen LogP contribution in [0.4, 0.5) is 0 Å². The maximum absolute atomic E-state index is 10.5. The van der Waals surface area contributed by atoms with Crippen molar-refractivity contribution in [1.82, 2.24) is 4.98 Å². The fourth-order valence-corrected chi connectivity index (χ4v) is 1.40. The molecule has 0 unspecified atom stereocenters. The zero-order valence-electron chi connectivity index (χ0n) is 5.87. The summed E-state index contributed by atoms with van der Waals surface area (Å²) >= 11 is 6.91. The number of rotatable bonds is 2. The summed E-state index contributed by atoms with van der Waals surface area (Å²) in [5.41, 5.74) is 0. The number of aromatic nitrogens is 1. The monoisotopic (exact) mass is 187 g/mol. The molecule has 0 amide bonds. The summed E-state index contributed by atoms with van der Waals surface area (Å²) in [5.74, 6) is 0.0227. The van der Waals surface area contributed by atoms with Gasteiger partial charge in [-0.15, -0.1) is 11.3 Å². The van der Waals surface area contributed by atoms with Gasteiger partial charge in [-0.05, 0) is 19.1 Å². The molecule has 1 rings (SSSR count). The van der Waals surface area contributed by atoms with Gasteiger partial charge in [0, 0.05) is 11.1 Å². The Kier molecular flexibility index (Phi) is 2.79. The Balaban J connectivity index is 2.71. The Bertz CT molecular complexity index is 292. The fraction of sp³-hybridized carbons (Fsp3) is 0.143. The SMILES string of the molecule is CC(=O)C=Cc1cnc(Cl)s1. The molecular weight excluding hydrogens is 182 g/mol. The van der Waals surface area contributed by atoms with Gasteiger partial charge in [-0.2, -0.15) is 0 Å². The van der Waals surface area contributed by atoms with Crippen LogP contribution in [0, 0.1) is 0 Å². The number of ketones is 1. The molecule has 0 saturated carbocycles. The number of nitrogens with zero attached hydrogens (tertiary/aromatic N) is 1. The third-order valence-electron chi connectivity index (χ3n) is 0.978. The summed E-state index contributed by atoms with van der Waals surface area (Å²) in [4.78, 5) is 15.2. The molecule has 0 aliphatic carbocycles. The van der Waals surface area contributed by atoms with Gasteiger partial charge in [0.1, 0.15) is 0 Å². The molecule has 0 saturated heterocycles. The minimum absolute atomic E-state index is 0.0227. The van der Waals surface area contributed by atoms with Gasteiger partial charge in [0.25, 0.3) is 0 Å². The van der Waals surface area contributed by atoms with Crippen LogP contribution in [-0.2, 0) is 4.79 Å². The van der Waals surface area contributed by atoms with Crippen molar-refractivity contribution >= 4 is 34.8 Å². The van der Waals surface area contributed by atoms with E-state index in [2.05, 4.69) is 4.98 Å². The van der Waals surface area contributed by atoms with Crippen LogP contribution >= 0.6 is 22.9 Å². The minimum atomic E-state index is 0.0227. The van der Waals surface area contributed by atoms with Gasteiger partial charge in [0.2, 0.25) is 0 Å². The summed E-state index contributed by atoms with van der Waals surface area (Å²) in [6.45, 7) is 1.50. The Morgan fingerprint density at radius 2 is 2.55 bits per heavy atom. The third kappa shape index (κ3) is 2.82. The molecule has 1 aromatic heterocycles. The first kappa shape index (κ1) is 8.43. The molecule has 0 radical (unpaired) electrons. The van der Waals surface area contributed by atoms with E-state index >= 15 is 0 Å². The van der Waals surface area contributed by atoms with Crippen LogP contribution in [-0.4, -0.2) is 10.8 Å². The lowest BCUT2D eigenvalue weighted by Crippen LogP contribution is -1.77. The highest BCUT2D eigenvalue weighted by molar-refractivity contribution is 7.16. The molecule has 0 atom stereocenters. The van der Waals surface area contributed by atoms with Crippen LogP contribution in [0.5, 0.6) is 0 Å². The molecule has 1 heterocycles. The van der Waals surface area contributed by atoms with E-state index in [0.29, 0.717) is 4.47 Å². The van der Waals surface area contributed by atoms with Gasteiger partial charge in [-0.25, -0.2) is 4.98 Å². The lowest BCUT2D eigenvalue weighted by atomic mass is 10.4. The Morgan fingerprint density at radius 1 is 1.82 bits per heavy atom. The molecule has 4 heteroatoms. The van der Waals surface area contributed by atoms with E-state index in [1.54, 1.807) is 12.3 Å². The van der Waals surface area contributed by atoms with Gasteiger partial charge in [0.15, 0.2) is 10.3 Å². The molecule has 1 aromatic rings. The zero-order valence-corrected chi connectivity index (χ0v) is 7.45. The Labute approximate surface area is 73.5 Å². The fourth-order valence-electron chi connectivity index (χ4n) is 0.541. The van der Waals surface area contributed by atoms with E-state index in [1.807, 2.05) is 0 Å². The maximum Gasteiger partial charge on any atom is 0.184 e. The first-order valence-corrected chi connectivity index (χ1v) is 4.18. The highest BCUT2D eigenvalue weighted by atomic mass is 35.5. The van der Waals surface area contributed by atoms with Gasteiger partial charge in [-0.3, -0.25) is 4.79 Å². The van der Waals surface area contributed by atoms with E-state index in [0.717, 1.165) is 4.88 Å². The predicted molar refractivity (Wildman–Crippen MR) is 46.8 cm³/mol. The molecule has 0 aliphatic heterocycles. The van der Waals surface area contributed by atoms with E-state index in [9.17, 15) is 4.79 Å². The molecule has 11 heavy (non-hydrogen) atoms. The molecule has 0 N–H and O–H groups in total. The number of hydrogen-bond acceptors (Lipinski definition) is 3. The molecule has 0 spiro atoms. The normalized spacial score (nSPS) is 10.7. The highest BCUT2D eigenvalue weighted by Crippen LogP contribution is 2.18. The number of thiazole rings is 1. The van der Waals surface area contributed by atoms with E-state index in [4.69, 9.17) is 11.6 Å². The molecule has 0 aliphatic rings. The van der Waals surface area contributed by atoms with Gasteiger partial charge in [0.05, 0.1) is 0 Å². The molecule has 0 aromatic carbocycles. The number of carbonyl (C=O) groups excluding carboxylic acids is 1. The summed E-state index contributed by atoms with van der Waals surface area (Å²) in [5, 5.41) is 0. The van der Waals surface area contributed by atoms with E-state index < -0.39 is 0 Å². The number of carbonyl (C=O) groups is 1.